The van der Waals surface area contributed by atoms with Gasteiger partial charge in [0.15, 0.2) is 0 Å². The number of aryl methyl sites for hydroxylation is 1. The number of nitrogens with one attached hydrogen (secondary N) is 2. The highest BCUT2D eigenvalue weighted by Gasteiger charge is 2.41. The largest absolute Gasteiger partial charge is 0.478 e. The van der Waals surface area contributed by atoms with Gasteiger partial charge in [-0.15, -0.1) is 0 Å². The number of hydrogen-bond acceptors (Lipinski definition) is 7. The Morgan fingerprint density at radius 1 is 0.658 bits per heavy atom. The van der Waals surface area contributed by atoms with Crippen LogP contribution >= 0.6 is 23.2 Å². The molecule has 0 heterocycles. The number of carbonyl (C=O) groups excluding carboxylic acids is 4. The van der Waals surface area contributed by atoms with E-state index in [2.05, 4.69) is 5.43 Å². The van der Waals surface area contributed by atoms with Crippen LogP contribution in [0.3, 0.4) is 0 Å². The Morgan fingerprint density at radius 3 is 1.53 bits per heavy atom. The van der Waals surface area contributed by atoms with Crippen molar-refractivity contribution in [1.29, 1.82) is 0 Å². The van der Waals surface area contributed by atoms with Gasteiger partial charge in [0.25, 0.3) is 11.8 Å². The molecule has 0 spiro atoms. The Balaban J connectivity index is 1.84. The third kappa shape index (κ3) is 7.55. The number of benzene rings is 3. The fraction of sp³-hybridized carbons (Fsp3) is 0.115. The molecule has 0 aliphatic heterocycles. The second-order valence-electron chi connectivity index (χ2n) is 7.81. The Labute approximate surface area is 226 Å². The lowest BCUT2D eigenvalue weighted by atomic mass is 10.1. The molecule has 0 radical (unpaired) electrons. The van der Waals surface area contributed by atoms with Crippen LogP contribution in [0.5, 0.6) is 0 Å². The minimum atomic E-state index is -2.29. The summed E-state index contributed by atoms with van der Waals surface area (Å²) in [7, 11) is 0. The number of ether oxygens (including phenoxy) is 2. The third-order valence-corrected chi connectivity index (χ3v) is 5.52. The summed E-state index contributed by atoms with van der Waals surface area (Å²) >= 11 is 11.6. The van der Waals surface area contributed by atoms with E-state index in [0.717, 1.165) is 5.56 Å². The van der Waals surface area contributed by atoms with Gasteiger partial charge in [-0.1, -0.05) is 40.9 Å². The highest BCUT2D eigenvalue weighted by atomic mass is 35.5. The zero-order valence-corrected chi connectivity index (χ0v) is 21.2. The van der Waals surface area contributed by atoms with E-state index >= 15 is 0 Å². The van der Waals surface area contributed by atoms with Crippen LogP contribution in [0.25, 0.3) is 0 Å². The predicted octanol–water partition coefficient (Wildman–Crippen LogP) is 3.60. The van der Waals surface area contributed by atoms with Crippen LogP contribution in [0.15, 0.2) is 72.8 Å². The van der Waals surface area contributed by atoms with Crippen LogP contribution in [0.1, 0.15) is 36.6 Å². The molecule has 196 valence electrons. The van der Waals surface area contributed by atoms with Gasteiger partial charge in [0.2, 0.25) is 12.2 Å². The summed E-state index contributed by atoms with van der Waals surface area (Å²) in [4.78, 5) is 62.7. The summed E-state index contributed by atoms with van der Waals surface area (Å²) in [5.41, 5.74) is 5.06. The fourth-order valence-corrected chi connectivity index (χ4v) is 3.25. The highest BCUT2D eigenvalue weighted by molar-refractivity contribution is 6.31. The van der Waals surface area contributed by atoms with Crippen LogP contribution in [0.2, 0.25) is 10.0 Å². The van der Waals surface area contributed by atoms with E-state index in [9.17, 15) is 29.1 Å². The second kappa shape index (κ2) is 12.7. The van der Waals surface area contributed by atoms with Gasteiger partial charge < -0.3 is 14.6 Å². The number of amides is 2. The molecule has 12 heteroatoms. The number of rotatable bonds is 8. The minimum absolute atomic E-state index is 0.0657. The number of hydrazine groups is 1. The Hall–Kier alpha value is -4.41. The molecule has 0 saturated carbocycles. The molecular weight excluding hydrogens is 539 g/mol. The molecule has 38 heavy (non-hydrogen) atoms. The average Bonchev–Trinajstić information content (AvgIpc) is 2.89. The van der Waals surface area contributed by atoms with Gasteiger partial charge in [0.1, 0.15) is 0 Å². The summed E-state index contributed by atoms with van der Waals surface area (Å²) in [6.07, 6.45) is -4.49. The van der Waals surface area contributed by atoms with Crippen LogP contribution in [0.4, 0.5) is 0 Å². The number of halogens is 2. The molecule has 3 aromatic carbocycles. The van der Waals surface area contributed by atoms with Gasteiger partial charge in [-0.3, -0.25) is 20.4 Å². The van der Waals surface area contributed by atoms with E-state index in [-0.39, 0.29) is 16.7 Å². The first kappa shape index (κ1) is 28.2. The van der Waals surface area contributed by atoms with Crippen molar-refractivity contribution in [2.75, 3.05) is 0 Å². The number of aliphatic carboxylic acids is 1. The van der Waals surface area contributed by atoms with Crippen LogP contribution < -0.4 is 10.9 Å². The molecule has 3 rings (SSSR count). The van der Waals surface area contributed by atoms with Crippen molar-refractivity contribution in [2.45, 2.75) is 19.1 Å². The van der Waals surface area contributed by atoms with Gasteiger partial charge in [-0.2, -0.15) is 0 Å². The molecule has 3 N–H and O–H groups in total. The number of carbonyl (C=O) groups is 5. The molecule has 0 unspecified atom stereocenters. The maximum Gasteiger partial charge on any atom is 0.349 e. The molecule has 0 aliphatic carbocycles. The van der Waals surface area contributed by atoms with Crippen molar-refractivity contribution < 1.29 is 38.6 Å². The smallest absolute Gasteiger partial charge is 0.349 e. The molecule has 2 amide bonds. The molecule has 10 nitrogen and oxygen atoms in total. The van der Waals surface area contributed by atoms with Crippen molar-refractivity contribution in [3.8, 4) is 0 Å². The predicted molar refractivity (Wildman–Crippen MR) is 136 cm³/mol. The van der Waals surface area contributed by atoms with Crippen LogP contribution in [0, 0.1) is 6.92 Å². The number of hydrogen-bond donors (Lipinski definition) is 3. The lowest BCUT2D eigenvalue weighted by molar-refractivity contribution is -0.159. The molecule has 0 bridgehead atoms. The van der Waals surface area contributed by atoms with E-state index < -0.39 is 41.9 Å². The lowest BCUT2D eigenvalue weighted by Gasteiger charge is -2.23. The summed E-state index contributed by atoms with van der Waals surface area (Å²) in [5, 5.41) is 10.4. The Morgan fingerprint density at radius 2 is 1.08 bits per heavy atom. The topological polar surface area (TPSA) is 148 Å². The van der Waals surface area contributed by atoms with E-state index in [1.54, 1.807) is 12.1 Å². The van der Waals surface area contributed by atoms with Gasteiger partial charge in [0.05, 0.1) is 11.1 Å². The maximum absolute atomic E-state index is 13.0. The normalized spacial score (nSPS) is 12.0. The molecule has 0 aromatic heterocycles. The average molecular weight is 559 g/mol. The van der Waals surface area contributed by atoms with Crippen molar-refractivity contribution in [3.05, 3.63) is 105 Å². The molecule has 0 fully saturated rings. The number of esters is 2. The maximum atomic E-state index is 13.0. The highest BCUT2D eigenvalue weighted by Crippen LogP contribution is 2.16. The number of carboxylic acids is 1. The van der Waals surface area contributed by atoms with E-state index in [4.69, 9.17) is 32.7 Å². The molecule has 0 aliphatic rings. The molecule has 3 aromatic rings. The standard InChI is InChI=1S/C26H20Cl2N2O8/c1-14-2-4-15(5-3-14)22(31)29-30-23(32)20(37-25(35)16-6-10-18(27)11-7-16)21(24(33)34)38-26(36)17-8-12-19(28)13-9-17/h2-13,20-21H,1H3,(H,29,31)(H,30,32)(H,33,34)/t20-,21+/m0/s1. The van der Waals surface area contributed by atoms with Crippen molar-refractivity contribution >= 4 is 52.9 Å². The summed E-state index contributed by atoms with van der Waals surface area (Å²) in [5.74, 6) is -6.03. The van der Waals surface area contributed by atoms with Gasteiger partial charge in [-0.25, -0.2) is 14.4 Å². The summed E-state index contributed by atoms with van der Waals surface area (Å²) in [6, 6.07) is 17.0. The van der Waals surface area contributed by atoms with E-state index in [1.807, 2.05) is 12.3 Å². The fourth-order valence-electron chi connectivity index (χ4n) is 3.00. The zero-order chi connectivity index (χ0) is 27.8. The third-order valence-electron chi connectivity index (χ3n) is 5.02. The van der Waals surface area contributed by atoms with Crippen molar-refractivity contribution in [1.82, 2.24) is 10.9 Å². The SMILES string of the molecule is Cc1ccc(C(=O)NNC(=O)[C@@H](OC(=O)c2ccc(Cl)cc2)[C@@H](OC(=O)c2ccc(Cl)cc2)C(=O)O)cc1. The van der Waals surface area contributed by atoms with Crippen LogP contribution in [-0.2, 0) is 19.1 Å². The molecule has 2 atom stereocenters. The van der Waals surface area contributed by atoms with E-state index in [0.29, 0.717) is 10.0 Å². The summed E-state index contributed by atoms with van der Waals surface area (Å²) in [6.45, 7) is 1.82. The van der Waals surface area contributed by atoms with Gasteiger partial charge >= 0.3 is 17.9 Å². The summed E-state index contributed by atoms with van der Waals surface area (Å²) < 4.78 is 10.2. The molecular formula is C26H20Cl2N2O8. The van der Waals surface area contributed by atoms with Crippen molar-refractivity contribution in [3.63, 3.8) is 0 Å². The first-order valence-electron chi connectivity index (χ1n) is 10.9. The Bertz CT molecular complexity index is 1340. The molecule has 0 saturated heterocycles. The Kier molecular flexibility index (Phi) is 9.42. The first-order valence-corrected chi connectivity index (χ1v) is 11.6. The quantitative estimate of drug-likeness (QED) is 0.280. The van der Waals surface area contributed by atoms with Gasteiger partial charge in [-0.05, 0) is 67.6 Å². The van der Waals surface area contributed by atoms with Gasteiger partial charge in [0, 0.05) is 15.6 Å². The monoisotopic (exact) mass is 558 g/mol. The minimum Gasteiger partial charge on any atom is -0.478 e. The second-order valence-corrected chi connectivity index (χ2v) is 8.69. The van der Waals surface area contributed by atoms with Crippen molar-refractivity contribution in [2.24, 2.45) is 0 Å². The number of carboxylic acid groups (broad SMARTS) is 1. The lowest BCUT2D eigenvalue weighted by Crippen LogP contribution is -2.54. The van der Waals surface area contributed by atoms with Crippen LogP contribution in [-0.4, -0.2) is 47.0 Å². The zero-order valence-electron chi connectivity index (χ0n) is 19.6. The van der Waals surface area contributed by atoms with E-state index in [1.165, 1.54) is 60.7 Å². The first-order chi connectivity index (χ1) is 18.0.